The van der Waals surface area contributed by atoms with E-state index in [0.29, 0.717) is 5.82 Å². The van der Waals surface area contributed by atoms with Crippen molar-refractivity contribution in [2.45, 2.75) is 13.5 Å². The van der Waals surface area contributed by atoms with Gasteiger partial charge in [0, 0.05) is 17.3 Å². The second-order valence-electron chi connectivity index (χ2n) is 5.14. The van der Waals surface area contributed by atoms with Crippen molar-refractivity contribution in [1.29, 1.82) is 0 Å². The van der Waals surface area contributed by atoms with E-state index in [2.05, 4.69) is 20.7 Å². The summed E-state index contributed by atoms with van der Waals surface area (Å²) in [5.74, 6) is -2.08. The highest BCUT2D eigenvalue weighted by atomic mass is 19.2. The van der Waals surface area contributed by atoms with Crippen LogP contribution in [0.5, 0.6) is 0 Å². The number of anilines is 1. The fourth-order valence-electron chi connectivity index (χ4n) is 2.14. The number of hydrogen-bond acceptors (Lipinski definition) is 4. The first-order valence-electron chi connectivity index (χ1n) is 7.11. The molecule has 8 heteroatoms. The quantitative estimate of drug-likeness (QED) is 0.798. The van der Waals surface area contributed by atoms with Crippen molar-refractivity contribution < 1.29 is 13.6 Å². The Morgan fingerprint density at radius 3 is 2.71 bits per heavy atom. The largest absolute Gasteiger partial charge is 0.324 e. The van der Waals surface area contributed by atoms with Crippen LogP contribution in [0.15, 0.2) is 42.5 Å². The molecule has 1 amide bonds. The summed E-state index contributed by atoms with van der Waals surface area (Å²) in [6, 6.07) is 10.7. The van der Waals surface area contributed by atoms with Crippen LogP contribution in [-0.2, 0) is 11.3 Å². The highest BCUT2D eigenvalue weighted by molar-refractivity contribution is 5.90. The maximum absolute atomic E-state index is 13.1. The predicted octanol–water partition coefficient (Wildman–Crippen LogP) is 2.57. The van der Waals surface area contributed by atoms with E-state index in [1.54, 1.807) is 0 Å². The molecule has 0 fully saturated rings. The van der Waals surface area contributed by atoms with Crippen LogP contribution >= 0.6 is 0 Å². The van der Waals surface area contributed by atoms with Crippen molar-refractivity contribution in [3.8, 4) is 11.4 Å². The lowest BCUT2D eigenvalue weighted by Crippen LogP contribution is -2.20. The Labute approximate surface area is 136 Å². The van der Waals surface area contributed by atoms with Gasteiger partial charge in [0.05, 0.1) is 0 Å². The van der Waals surface area contributed by atoms with E-state index in [4.69, 9.17) is 0 Å². The Morgan fingerprint density at radius 1 is 1.17 bits per heavy atom. The Bertz CT molecular complexity index is 894. The van der Waals surface area contributed by atoms with Crippen LogP contribution in [0.2, 0.25) is 0 Å². The fraction of sp³-hybridized carbons (Fsp3) is 0.125. The van der Waals surface area contributed by atoms with Gasteiger partial charge in [-0.25, -0.2) is 8.78 Å². The Kier molecular flexibility index (Phi) is 4.28. The van der Waals surface area contributed by atoms with E-state index in [-0.39, 0.29) is 12.2 Å². The Balaban J connectivity index is 1.69. The number of halogens is 2. The summed E-state index contributed by atoms with van der Waals surface area (Å²) in [5.41, 5.74) is 1.96. The number of benzene rings is 2. The lowest BCUT2D eigenvalue weighted by molar-refractivity contribution is -0.117. The van der Waals surface area contributed by atoms with Gasteiger partial charge < -0.3 is 5.32 Å². The first-order chi connectivity index (χ1) is 11.5. The molecule has 0 bridgehead atoms. The topological polar surface area (TPSA) is 72.7 Å². The summed E-state index contributed by atoms with van der Waals surface area (Å²) in [6.07, 6.45) is 0. The lowest BCUT2D eigenvalue weighted by Gasteiger charge is -2.04. The number of aromatic nitrogens is 4. The minimum atomic E-state index is -1.03. The molecule has 122 valence electrons. The lowest BCUT2D eigenvalue weighted by atomic mass is 10.1. The van der Waals surface area contributed by atoms with Gasteiger partial charge in [0.25, 0.3) is 0 Å². The van der Waals surface area contributed by atoms with Crippen molar-refractivity contribution in [2.75, 3.05) is 5.32 Å². The van der Waals surface area contributed by atoms with E-state index in [1.807, 2.05) is 31.2 Å². The van der Waals surface area contributed by atoms with Crippen LogP contribution in [-0.4, -0.2) is 26.1 Å². The molecule has 1 heterocycles. The normalized spacial score (nSPS) is 10.6. The van der Waals surface area contributed by atoms with E-state index in [1.165, 1.54) is 6.07 Å². The van der Waals surface area contributed by atoms with Crippen LogP contribution in [0.1, 0.15) is 5.56 Å². The highest BCUT2D eigenvalue weighted by Gasteiger charge is 2.11. The molecule has 0 atom stereocenters. The van der Waals surface area contributed by atoms with Gasteiger partial charge in [0.2, 0.25) is 11.7 Å². The van der Waals surface area contributed by atoms with Gasteiger partial charge in [-0.2, -0.15) is 4.80 Å². The van der Waals surface area contributed by atoms with E-state index >= 15 is 0 Å². The molecule has 1 N–H and O–H groups in total. The third kappa shape index (κ3) is 3.43. The van der Waals surface area contributed by atoms with Gasteiger partial charge in [-0.15, -0.1) is 10.2 Å². The summed E-state index contributed by atoms with van der Waals surface area (Å²) in [5, 5.41) is 14.4. The van der Waals surface area contributed by atoms with Gasteiger partial charge in [-0.1, -0.05) is 24.3 Å². The average Bonchev–Trinajstić information content (AvgIpc) is 2.99. The van der Waals surface area contributed by atoms with Gasteiger partial charge in [0.15, 0.2) is 11.6 Å². The monoisotopic (exact) mass is 329 g/mol. The Morgan fingerprint density at radius 2 is 1.96 bits per heavy atom. The third-order valence-corrected chi connectivity index (χ3v) is 3.33. The first kappa shape index (κ1) is 15.7. The smallest absolute Gasteiger partial charge is 0.248 e. The molecule has 2 aromatic carbocycles. The number of nitrogens with one attached hydrogen (secondary N) is 1. The van der Waals surface area contributed by atoms with E-state index < -0.39 is 17.5 Å². The van der Waals surface area contributed by atoms with E-state index in [0.717, 1.165) is 28.1 Å². The standard InChI is InChI=1S/C16H13F2N5O/c1-10-4-2-3-5-12(10)16-20-22-23(21-16)9-15(24)19-11-6-7-13(17)14(18)8-11/h2-8H,9H2,1H3,(H,19,24). The molecule has 0 unspecified atom stereocenters. The minimum Gasteiger partial charge on any atom is -0.324 e. The average molecular weight is 329 g/mol. The molecule has 6 nitrogen and oxygen atoms in total. The number of hydrogen-bond donors (Lipinski definition) is 1. The molecule has 0 spiro atoms. The minimum absolute atomic E-state index is 0.151. The number of rotatable bonds is 4. The number of aryl methyl sites for hydroxylation is 1. The van der Waals surface area contributed by atoms with Crippen LogP contribution in [0.4, 0.5) is 14.5 Å². The van der Waals surface area contributed by atoms with Crippen molar-refractivity contribution in [1.82, 2.24) is 20.2 Å². The zero-order valence-electron chi connectivity index (χ0n) is 12.7. The summed E-state index contributed by atoms with van der Waals surface area (Å²) >= 11 is 0. The molecule has 3 aromatic rings. The van der Waals surface area contributed by atoms with Crippen molar-refractivity contribution in [3.05, 3.63) is 59.7 Å². The molecule has 24 heavy (non-hydrogen) atoms. The van der Waals surface area contributed by atoms with Crippen LogP contribution in [0.3, 0.4) is 0 Å². The SMILES string of the molecule is Cc1ccccc1-c1nnn(CC(=O)Nc2ccc(F)c(F)c2)n1. The van der Waals surface area contributed by atoms with Gasteiger partial charge >= 0.3 is 0 Å². The molecular weight excluding hydrogens is 316 g/mol. The second kappa shape index (κ2) is 6.53. The number of amides is 1. The van der Waals surface area contributed by atoms with Crippen LogP contribution in [0.25, 0.3) is 11.4 Å². The molecule has 3 rings (SSSR count). The molecule has 0 aliphatic carbocycles. The molecule has 1 aromatic heterocycles. The molecule has 0 radical (unpaired) electrons. The highest BCUT2D eigenvalue weighted by Crippen LogP contribution is 2.18. The second-order valence-corrected chi connectivity index (χ2v) is 5.14. The number of nitrogens with zero attached hydrogens (tertiary/aromatic N) is 4. The van der Waals surface area contributed by atoms with Gasteiger partial charge in [0.1, 0.15) is 6.54 Å². The predicted molar refractivity (Wildman–Crippen MR) is 83.0 cm³/mol. The Hall–Kier alpha value is -3.16. The molecular formula is C16H13F2N5O. The summed E-state index contributed by atoms with van der Waals surface area (Å²) in [6.45, 7) is 1.73. The van der Waals surface area contributed by atoms with Crippen LogP contribution < -0.4 is 5.32 Å². The maximum atomic E-state index is 13.1. The van der Waals surface area contributed by atoms with Crippen molar-refractivity contribution in [2.24, 2.45) is 0 Å². The molecule has 0 saturated carbocycles. The van der Waals surface area contributed by atoms with Crippen molar-refractivity contribution in [3.63, 3.8) is 0 Å². The molecule has 0 aliphatic heterocycles. The van der Waals surface area contributed by atoms with Crippen LogP contribution in [0, 0.1) is 18.6 Å². The fourth-order valence-corrected chi connectivity index (χ4v) is 2.14. The number of carbonyl (C=O) groups excluding carboxylic acids is 1. The number of tetrazole rings is 1. The summed E-state index contributed by atoms with van der Waals surface area (Å²) < 4.78 is 26.0. The number of carbonyl (C=O) groups is 1. The van der Waals surface area contributed by atoms with Crippen molar-refractivity contribution >= 4 is 11.6 Å². The third-order valence-electron chi connectivity index (χ3n) is 3.33. The summed E-state index contributed by atoms with van der Waals surface area (Å²) in [4.78, 5) is 13.1. The first-order valence-corrected chi connectivity index (χ1v) is 7.11. The van der Waals surface area contributed by atoms with Gasteiger partial charge in [-0.05, 0) is 29.8 Å². The molecule has 0 saturated heterocycles. The van der Waals surface area contributed by atoms with Gasteiger partial charge in [-0.3, -0.25) is 4.79 Å². The zero-order valence-corrected chi connectivity index (χ0v) is 12.7. The molecule has 0 aliphatic rings. The summed E-state index contributed by atoms with van der Waals surface area (Å²) in [7, 11) is 0. The zero-order chi connectivity index (χ0) is 17.1. The maximum Gasteiger partial charge on any atom is 0.248 e. The van der Waals surface area contributed by atoms with E-state index in [9.17, 15) is 13.6 Å².